The van der Waals surface area contributed by atoms with Crippen molar-refractivity contribution in [3.8, 4) is 0 Å². The molecule has 0 aromatic heterocycles. The molecule has 0 saturated heterocycles. The Kier molecular flexibility index (Phi) is 6.84. The number of aliphatic hydroxyl groups is 5. The van der Waals surface area contributed by atoms with Gasteiger partial charge in [-0.2, -0.15) is 0 Å². The van der Waals surface area contributed by atoms with Crippen LogP contribution in [0.4, 0.5) is 0 Å². The van der Waals surface area contributed by atoms with Crippen molar-refractivity contribution in [2.75, 3.05) is 0 Å². The van der Waals surface area contributed by atoms with Crippen LogP contribution in [0, 0.1) is 52.3 Å². The van der Waals surface area contributed by atoms with E-state index in [4.69, 9.17) is 0 Å². The van der Waals surface area contributed by atoms with Gasteiger partial charge in [0, 0.05) is 11.8 Å². The third-order valence-corrected chi connectivity index (χ3v) is 11.7. The van der Waals surface area contributed by atoms with Crippen LogP contribution >= 0.6 is 0 Å². The first-order valence-corrected chi connectivity index (χ1v) is 13.7. The third-order valence-electron chi connectivity index (χ3n) is 11.7. The van der Waals surface area contributed by atoms with Crippen molar-refractivity contribution in [1.29, 1.82) is 0 Å². The first-order chi connectivity index (χ1) is 15.3. The zero-order chi connectivity index (χ0) is 24.5. The molecule has 4 aliphatic rings. The molecule has 4 aliphatic carbocycles. The topological polar surface area (TPSA) is 101 Å². The summed E-state index contributed by atoms with van der Waals surface area (Å²) in [6, 6.07) is 0. The van der Waals surface area contributed by atoms with Crippen LogP contribution in [-0.4, -0.2) is 55.5 Å². The van der Waals surface area contributed by atoms with Crippen LogP contribution in [0.15, 0.2) is 0 Å². The average Bonchev–Trinajstić information content (AvgIpc) is 2.98. The molecule has 0 bridgehead atoms. The maximum atomic E-state index is 11.6. The van der Waals surface area contributed by atoms with Crippen LogP contribution in [0.2, 0.25) is 0 Å². The van der Waals surface area contributed by atoms with E-state index in [9.17, 15) is 25.5 Å². The van der Waals surface area contributed by atoms with Gasteiger partial charge in [-0.15, -0.1) is 0 Å². The summed E-state index contributed by atoms with van der Waals surface area (Å²) in [5.74, 6) is 2.03. The van der Waals surface area contributed by atoms with Crippen LogP contribution < -0.4 is 0 Å². The molecule has 5 nitrogen and oxygen atoms in total. The highest BCUT2D eigenvalue weighted by Gasteiger charge is 2.71. The Labute approximate surface area is 201 Å². The van der Waals surface area contributed by atoms with E-state index in [1.165, 1.54) is 6.42 Å². The van der Waals surface area contributed by atoms with Gasteiger partial charge in [-0.25, -0.2) is 0 Å². The summed E-state index contributed by atoms with van der Waals surface area (Å²) >= 11 is 0. The number of aliphatic hydroxyl groups excluding tert-OH is 4. The second-order valence-electron chi connectivity index (χ2n) is 13.7. The summed E-state index contributed by atoms with van der Waals surface area (Å²) < 4.78 is 0. The summed E-state index contributed by atoms with van der Waals surface area (Å²) in [5, 5.41) is 56.2. The molecule has 33 heavy (non-hydrogen) atoms. The van der Waals surface area contributed by atoms with E-state index in [2.05, 4.69) is 34.6 Å². The Hall–Kier alpha value is -0.200. The minimum Gasteiger partial charge on any atom is -0.393 e. The predicted molar refractivity (Wildman–Crippen MR) is 129 cm³/mol. The molecule has 5 heteroatoms. The highest BCUT2D eigenvalue weighted by atomic mass is 16.3. The van der Waals surface area contributed by atoms with E-state index in [-0.39, 0.29) is 29.6 Å². The summed E-state index contributed by atoms with van der Waals surface area (Å²) in [6.07, 6.45) is 2.92. The smallest absolute Gasteiger partial charge is 0.0986 e. The fraction of sp³-hybridized carbons (Fsp3) is 1.00. The molecular weight excluding hydrogens is 416 g/mol. The Morgan fingerprint density at radius 2 is 1.52 bits per heavy atom. The maximum Gasteiger partial charge on any atom is 0.0986 e. The highest BCUT2D eigenvalue weighted by molar-refractivity contribution is 5.20. The Morgan fingerprint density at radius 3 is 2.15 bits per heavy atom. The maximum absolute atomic E-state index is 11.6. The van der Waals surface area contributed by atoms with Gasteiger partial charge < -0.3 is 25.5 Å². The average molecular weight is 467 g/mol. The Bertz CT molecular complexity index is 712. The fourth-order valence-corrected chi connectivity index (χ4v) is 9.45. The zero-order valence-corrected chi connectivity index (χ0v) is 21.7. The van der Waals surface area contributed by atoms with Crippen LogP contribution in [0.1, 0.15) is 92.9 Å². The summed E-state index contributed by atoms with van der Waals surface area (Å²) in [6.45, 7) is 13.5. The lowest BCUT2D eigenvalue weighted by Gasteiger charge is -2.66. The van der Waals surface area contributed by atoms with Crippen molar-refractivity contribution in [2.24, 2.45) is 52.3 Å². The lowest BCUT2D eigenvalue weighted by atomic mass is 9.41. The van der Waals surface area contributed by atoms with Gasteiger partial charge in [0.05, 0.1) is 30.0 Å². The summed E-state index contributed by atoms with van der Waals surface area (Å²) in [4.78, 5) is 0. The van der Waals surface area contributed by atoms with Crippen molar-refractivity contribution < 1.29 is 25.5 Å². The molecule has 0 spiro atoms. The van der Waals surface area contributed by atoms with Crippen molar-refractivity contribution in [3.63, 3.8) is 0 Å². The molecular formula is C28H50O5. The number of rotatable bonds is 5. The van der Waals surface area contributed by atoms with E-state index in [0.29, 0.717) is 49.4 Å². The third kappa shape index (κ3) is 3.84. The van der Waals surface area contributed by atoms with E-state index >= 15 is 0 Å². The monoisotopic (exact) mass is 466 g/mol. The second-order valence-corrected chi connectivity index (χ2v) is 13.7. The predicted octanol–water partition coefficient (Wildman–Crippen LogP) is 3.74. The van der Waals surface area contributed by atoms with Gasteiger partial charge in [0.1, 0.15) is 0 Å². The summed E-state index contributed by atoms with van der Waals surface area (Å²) in [7, 11) is 0. The van der Waals surface area contributed by atoms with Crippen LogP contribution in [-0.2, 0) is 0 Å². The number of fused-ring (bicyclic) bond motifs is 5. The summed E-state index contributed by atoms with van der Waals surface area (Å²) in [5.41, 5.74) is -2.21. The Morgan fingerprint density at radius 1 is 0.848 bits per heavy atom. The molecule has 0 aromatic rings. The molecule has 192 valence electrons. The second kappa shape index (κ2) is 8.73. The van der Waals surface area contributed by atoms with Crippen LogP contribution in [0.3, 0.4) is 0 Å². The molecule has 0 amide bonds. The van der Waals surface area contributed by atoms with Gasteiger partial charge >= 0.3 is 0 Å². The zero-order valence-electron chi connectivity index (χ0n) is 21.7. The molecule has 0 radical (unpaired) electrons. The van der Waals surface area contributed by atoms with Crippen LogP contribution in [0.25, 0.3) is 0 Å². The van der Waals surface area contributed by atoms with Gasteiger partial charge in [0.15, 0.2) is 0 Å². The van der Waals surface area contributed by atoms with E-state index in [1.807, 2.05) is 6.92 Å². The van der Waals surface area contributed by atoms with E-state index in [0.717, 1.165) is 12.8 Å². The molecule has 0 aromatic carbocycles. The van der Waals surface area contributed by atoms with Crippen molar-refractivity contribution in [3.05, 3.63) is 0 Å². The fourth-order valence-electron chi connectivity index (χ4n) is 9.45. The molecule has 4 saturated carbocycles. The lowest BCUT2D eigenvalue weighted by molar-refractivity contribution is -0.286. The molecule has 0 heterocycles. The highest BCUT2D eigenvalue weighted by Crippen LogP contribution is 2.69. The van der Waals surface area contributed by atoms with Gasteiger partial charge in [-0.05, 0) is 78.9 Å². The first-order valence-electron chi connectivity index (χ1n) is 13.7. The largest absolute Gasteiger partial charge is 0.393 e. The van der Waals surface area contributed by atoms with Gasteiger partial charge in [-0.1, -0.05) is 54.4 Å². The standard InChI is InChI=1S/C28H50O5/c1-15(2)16(3)7-8-17(4)20-12-21(30)24-19-11-23(32)28(33)13-18(29)9-10-27(28,6)25(19)22(31)14-26(20,24)5/h15-25,29-33H,7-14H2,1-6H3/t16-,17+,18-,19-,20+,21-,22+,23+,24+,25+,26+,27+,28-/m0/s1. The molecule has 4 rings (SSSR count). The number of hydrogen-bond donors (Lipinski definition) is 5. The first kappa shape index (κ1) is 25.9. The van der Waals surface area contributed by atoms with Crippen LogP contribution in [0.5, 0.6) is 0 Å². The Balaban J connectivity index is 1.62. The normalized spacial score (nSPS) is 53.8. The van der Waals surface area contributed by atoms with E-state index in [1.54, 1.807) is 0 Å². The van der Waals surface area contributed by atoms with E-state index < -0.39 is 35.4 Å². The molecule has 13 atom stereocenters. The van der Waals surface area contributed by atoms with Crippen molar-refractivity contribution >= 4 is 0 Å². The number of hydrogen-bond acceptors (Lipinski definition) is 5. The van der Waals surface area contributed by atoms with Crippen molar-refractivity contribution in [1.82, 2.24) is 0 Å². The van der Waals surface area contributed by atoms with Gasteiger partial charge in [0.25, 0.3) is 0 Å². The SMILES string of the molecule is CC(C)[C@@H](C)CC[C@@H](C)[C@H]1C[C@H](O)[C@H]2[C@@H]3C[C@@H](O)[C@@]4(O)C[C@@H](O)CC[C@]4(C)[C@H]3[C@H](O)C[C@@]21C. The molecule has 0 unspecified atom stereocenters. The quantitative estimate of drug-likeness (QED) is 0.425. The minimum atomic E-state index is -1.39. The van der Waals surface area contributed by atoms with Gasteiger partial charge in [-0.3, -0.25) is 0 Å². The molecule has 0 aliphatic heterocycles. The van der Waals surface area contributed by atoms with Crippen molar-refractivity contribution in [2.45, 2.75) is 123 Å². The lowest BCUT2D eigenvalue weighted by Crippen LogP contribution is -2.71. The molecule has 4 fully saturated rings. The minimum absolute atomic E-state index is 0.0175. The van der Waals surface area contributed by atoms with Gasteiger partial charge in [0.2, 0.25) is 0 Å². The molecule has 5 N–H and O–H groups in total.